The van der Waals surface area contributed by atoms with Crippen molar-refractivity contribution in [2.45, 2.75) is 50.1 Å². The Bertz CT molecular complexity index is 934. The highest BCUT2D eigenvalue weighted by molar-refractivity contribution is 5.40. The highest BCUT2D eigenvalue weighted by atomic mass is 19.4. The Morgan fingerprint density at radius 2 is 1.48 bits per heavy atom. The summed E-state index contributed by atoms with van der Waals surface area (Å²) in [5.41, 5.74) is -6.98. The Morgan fingerprint density at radius 1 is 0.871 bits per heavy atom. The van der Waals surface area contributed by atoms with Crippen LogP contribution in [0.25, 0.3) is 0 Å². The Morgan fingerprint density at radius 3 is 1.97 bits per heavy atom. The first kappa shape index (κ1) is 24.9. The second-order valence-corrected chi connectivity index (χ2v) is 7.92. The van der Waals surface area contributed by atoms with Crippen molar-refractivity contribution in [2.24, 2.45) is 0 Å². The van der Waals surface area contributed by atoms with Crippen LogP contribution in [-0.2, 0) is 18.0 Å². The van der Waals surface area contributed by atoms with Gasteiger partial charge in [-0.05, 0) is 47.7 Å². The molecule has 1 N–H and O–H groups in total. The predicted molar refractivity (Wildman–Crippen MR) is 96.7 cm³/mol. The largest absolute Gasteiger partial charge is 0.496 e. The van der Waals surface area contributed by atoms with Gasteiger partial charge in [-0.25, -0.2) is 8.78 Å². The third kappa shape index (κ3) is 5.47. The van der Waals surface area contributed by atoms with Crippen LogP contribution in [0.4, 0.5) is 35.1 Å². The van der Waals surface area contributed by atoms with E-state index >= 15 is 0 Å². The van der Waals surface area contributed by atoms with Gasteiger partial charge < -0.3 is 9.84 Å². The van der Waals surface area contributed by atoms with E-state index in [-0.39, 0.29) is 11.3 Å². The molecule has 2 nitrogen and oxygen atoms in total. The number of halogens is 8. The van der Waals surface area contributed by atoms with Gasteiger partial charge in [0.1, 0.15) is 17.4 Å². The third-order valence-corrected chi connectivity index (χ3v) is 4.99. The molecular weight excluding hydrogens is 436 g/mol. The van der Waals surface area contributed by atoms with Gasteiger partial charge in [-0.2, -0.15) is 26.3 Å². The van der Waals surface area contributed by atoms with Crippen molar-refractivity contribution in [1.29, 1.82) is 0 Å². The lowest BCUT2D eigenvalue weighted by Gasteiger charge is -2.38. The van der Waals surface area contributed by atoms with E-state index in [9.17, 15) is 40.2 Å². The molecule has 1 atom stereocenters. The minimum Gasteiger partial charge on any atom is -0.496 e. The van der Waals surface area contributed by atoms with Crippen LogP contribution in [0.1, 0.15) is 37.0 Å². The number of aliphatic hydroxyl groups is 1. The van der Waals surface area contributed by atoms with Gasteiger partial charge in [-0.3, -0.25) is 0 Å². The number of methoxy groups -OCH3 is 1. The fourth-order valence-electron chi connectivity index (χ4n) is 3.53. The van der Waals surface area contributed by atoms with Crippen LogP contribution < -0.4 is 4.74 Å². The summed E-state index contributed by atoms with van der Waals surface area (Å²) in [4.78, 5) is 0. The van der Waals surface area contributed by atoms with Crippen molar-refractivity contribution in [1.82, 2.24) is 0 Å². The summed E-state index contributed by atoms with van der Waals surface area (Å²) in [6.07, 6.45) is -12.4. The van der Waals surface area contributed by atoms with E-state index in [1.54, 1.807) is 0 Å². The van der Waals surface area contributed by atoms with Crippen LogP contribution in [0, 0.1) is 11.6 Å². The molecule has 2 aromatic carbocycles. The second-order valence-electron chi connectivity index (χ2n) is 7.92. The average molecular weight is 456 g/mol. The second kappa shape index (κ2) is 8.29. The number of hydrogen-bond acceptors (Lipinski definition) is 2. The zero-order chi connectivity index (χ0) is 23.8. The minimum absolute atomic E-state index is 0.0521. The average Bonchev–Trinajstić information content (AvgIpc) is 2.59. The predicted octanol–water partition coefficient (Wildman–Crippen LogP) is 6.20. The number of ether oxygens (including phenoxy) is 1. The lowest BCUT2D eigenvalue weighted by atomic mass is 9.72. The number of rotatable bonds is 6. The SMILES string of the molecule is COc1ccc(F)cc1C(C)(C)CC(O)(Cc1ccc(C(F)(F)F)c(F)c1)C(F)(F)F. The molecule has 0 fully saturated rings. The maximum Gasteiger partial charge on any atom is 0.419 e. The lowest BCUT2D eigenvalue weighted by Crippen LogP contribution is -2.50. The number of alkyl halides is 6. The first-order chi connectivity index (χ1) is 14.0. The zero-order valence-electron chi connectivity index (χ0n) is 16.8. The molecule has 0 radical (unpaired) electrons. The van der Waals surface area contributed by atoms with Crippen LogP contribution in [0.15, 0.2) is 36.4 Å². The molecule has 0 saturated carbocycles. The Labute approximate surface area is 173 Å². The maximum absolute atomic E-state index is 13.8. The van der Waals surface area contributed by atoms with E-state index in [2.05, 4.69) is 0 Å². The highest BCUT2D eigenvalue weighted by Crippen LogP contribution is 2.45. The quantitative estimate of drug-likeness (QED) is 0.525. The molecule has 172 valence electrons. The molecule has 2 aromatic rings. The fraction of sp³-hybridized carbons (Fsp3) is 0.429. The van der Waals surface area contributed by atoms with Crippen molar-refractivity contribution in [2.75, 3.05) is 7.11 Å². The molecule has 0 spiro atoms. The normalized spacial score (nSPS) is 15.0. The van der Waals surface area contributed by atoms with E-state index in [0.29, 0.717) is 18.2 Å². The summed E-state index contributed by atoms with van der Waals surface area (Å²) in [6.45, 7) is 2.66. The molecular formula is C21H20F8O2. The molecule has 1 unspecified atom stereocenters. The molecule has 2 rings (SSSR count). The van der Waals surface area contributed by atoms with E-state index in [1.807, 2.05) is 0 Å². The summed E-state index contributed by atoms with van der Waals surface area (Å²) >= 11 is 0. The van der Waals surface area contributed by atoms with Crippen LogP contribution >= 0.6 is 0 Å². The van der Waals surface area contributed by atoms with Gasteiger partial charge in [0.15, 0.2) is 5.60 Å². The van der Waals surface area contributed by atoms with Crippen molar-refractivity contribution >= 4 is 0 Å². The van der Waals surface area contributed by atoms with E-state index in [0.717, 1.165) is 12.1 Å². The Kier molecular flexibility index (Phi) is 6.66. The summed E-state index contributed by atoms with van der Waals surface area (Å²) < 4.78 is 112. The van der Waals surface area contributed by atoms with Gasteiger partial charge in [-0.15, -0.1) is 0 Å². The van der Waals surface area contributed by atoms with Crippen molar-refractivity contribution in [3.8, 4) is 5.75 Å². The molecule has 0 aliphatic carbocycles. The van der Waals surface area contributed by atoms with E-state index < -0.39 is 59.0 Å². The Hall–Kier alpha value is -2.36. The Balaban J connectivity index is 2.46. The van der Waals surface area contributed by atoms with Crippen LogP contribution in [0.3, 0.4) is 0 Å². The van der Waals surface area contributed by atoms with Crippen molar-refractivity contribution in [3.63, 3.8) is 0 Å². The minimum atomic E-state index is -5.22. The topological polar surface area (TPSA) is 29.5 Å². The van der Waals surface area contributed by atoms with Gasteiger partial charge >= 0.3 is 12.4 Å². The first-order valence-corrected chi connectivity index (χ1v) is 8.99. The standard InChI is InChI=1S/C21H20F8O2/c1-18(2,15-9-13(22)5-7-17(15)31-3)11-19(30,21(27,28)29)10-12-4-6-14(16(23)8-12)20(24,25)26/h4-9,30H,10-11H2,1-3H3. The maximum atomic E-state index is 13.8. The molecule has 0 aliphatic heterocycles. The third-order valence-electron chi connectivity index (χ3n) is 4.99. The van der Waals surface area contributed by atoms with Crippen molar-refractivity contribution < 1.29 is 45.0 Å². The molecule has 0 aliphatic rings. The smallest absolute Gasteiger partial charge is 0.419 e. The van der Waals surface area contributed by atoms with Crippen LogP contribution in [0.2, 0.25) is 0 Å². The molecule has 31 heavy (non-hydrogen) atoms. The van der Waals surface area contributed by atoms with Gasteiger partial charge in [-0.1, -0.05) is 19.9 Å². The number of benzene rings is 2. The molecule has 0 bridgehead atoms. The van der Waals surface area contributed by atoms with Gasteiger partial charge in [0.25, 0.3) is 0 Å². The molecule has 0 heterocycles. The number of hydrogen-bond donors (Lipinski definition) is 1. The van der Waals surface area contributed by atoms with Gasteiger partial charge in [0.2, 0.25) is 0 Å². The summed E-state index contributed by atoms with van der Waals surface area (Å²) in [7, 11) is 1.24. The highest BCUT2D eigenvalue weighted by Gasteiger charge is 2.56. The van der Waals surface area contributed by atoms with E-state index in [4.69, 9.17) is 4.74 Å². The monoisotopic (exact) mass is 456 g/mol. The van der Waals surface area contributed by atoms with Crippen LogP contribution in [0.5, 0.6) is 5.75 Å². The van der Waals surface area contributed by atoms with Gasteiger partial charge in [0, 0.05) is 12.0 Å². The molecule has 0 aromatic heterocycles. The summed E-state index contributed by atoms with van der Waals surface area (Å²) in [6, 6.07) is 4.58. The molecule has 10 heteroatoms. The van der Waals surface area contributed by atoms with E-state index in [1.165, 1.54) is 27.0 Å². The van der Waals surface area contributed by atoms with Crippen molar-refractivity contribution in [3.05, 3.63) is 64.7 Å². The van der Waals surface area contributed by atoms with Crippen LogP contribution in [-0.4, -0.2) is 24.0 Å². The first-order valence-electron chi connectivity index (χ1n) is 8.99. The fourth-order valence-corrected chi connectivity index (χ4v) is 3.53. The zero-order valence-corrected chi connectivity index (χ0v) is 16.8. The lowest BCUT2D eigenvalue weighted by molar-refractivity contribution is -0.266. The molecule has 0 saturated heterocycles. The summed E-state index contributed by atoms with van der Waals surface area (Å²) in [5.74, 6) is -2.39. The molecule has 0 amide bonds. The summed E-state index contributed by atoms with van der Waals surface area (Å²) in [5, 5.41) is 10.5. The van der Waals surface area contributed by atoms with Gasteiger partial charge in [0.05, 0.1) is 12.7 Å².